The summed E-state index contributed by atoms with van der Waals surface area (Å²) >= 11 is 0. The monoisotopic (exact) mass is 710 g/mol. The molecule has 0 amide bonds. The van der Waals surface area contributed by atoms with Crippen LogP contribution in [0.15, 0.2) is 11.6 Å². The topological polar surface area (TPSA) is 211 Å². The van der Waals surface area contributed by atoms with Gasteiger partial charge in [-0.05, 0) is 81.6 Å². The second kappa shape index (κ2) is 13.4. The summed E-state index contributed by atoms with van der Waals surface area (Å²) in [6, 6.07) is 0. The van der Waals surface area contributed by atoms with Crippen LogP contribution in [0.5, 0.6) is 0 Å². The van der Waals surface area contributed by atoms with Crippen molar-refractivity contribution in [3.8, 4) is 0 Å². The van der Waals surface area contributed by atoms with Crippen LogP contribution in [0.2, 0.25) is 0 Å². The van der Waals surface area contributed by atoms with E-state index in [0.717, 1.165) is 18.3 Å². The lowest BCUT2D eigenvalue weighted by molar-refractivity contribution is -0.346. The van der Waals surface area contributed by atoms with Gasteiger partial charge in [0.1, 0.15) is 43.4 Å². The van der Waals surface area contributed by atoms with Crippen molar-refractivity contribution in [2.24, 2.45) is 28.6 Å². The van der Waals surface area contributed by atoms with Crippen LogP contribution in [0.3, 0.4) is 0 Å². The number of aliphatic hydroxyl groups excluding tert-OH is 4. The molecular formula is C36H54O14. The highest BCUT2D eigenvalue weighted by Gasteiger charge is 2.71. The highest BCUT2D eigenvalue weighted by molar-refractivity contribution is 5.85. The number of carbonyl (C=O) groups excluding carboxylic acids is 2. The zero-order chi connectivity index (χ0) is 35.8. The number of ether oxygens (including phenoxy) is 6. The Morgan fingerprint density at radius 2 is 1.72 bits per heavy atom. The largest absolute Gasteiger partial charge is 0.458 e. The minimum Gasteiger partial charge on any atom is -0.458 e. The molecule has 0 aromatic heterocycles. The molecule has 50 heavy (non-hydrogen) atoms. The summed E-state index contributed by atoms with van der Waals surface area (Å²) < 4.78 is 35.2. The molecule has 0 aromatic rings. The molecule has 4 aliphatic carbocycles. The van der Waals surface area contributed by atoms with E-state index in [4.69, 9.17) is 28.4 Å². The number of methoxy groups -OCH3 is 1. The Bertz CT molecular complexity index is 1330. The van der Waals surface area contributed by atoms with Crippen molar-refractivity contribution in [3.05, 3.63) is 11.6 Å². The number of esters is 1. The van der Waals surface area contributed by atoms with E-state index in [0.29, 0.717) is 44.9 Å². The zero-order valence-corrected chi connectivity index (χ0v) is 29.1. The average Bonchev–Trinajstić information content (AvgIpc) is 3.64. The lowest BCUT2D eigenvalue weighted by Crippen LogP contribution is -2.69. The van der Waals surface area contributed by atoms with Crippen molar-refractivity contribution < 1.29 is 68.6 Å². The third kappa shape index (κ3) is 5.55. The summed E-state index contributed by atoms with van der Waals surface area (Å²) in [4.78, 5) is 25.1. The molecule has 0 aromatic carbocycles. The van der Waals surface area contributed by atoms with Crippen LogP contribution in [-0.4, -0.2) is 136 Å². The van der Waals surface area contributed by atoms with E-state index >= 15 is 0 Å². The van der Waals surface area contributed by atoms with Crippen LogP contribution in [0, 0.1) is 28.6 Å². The Labute approximate surface area is 292 Å². The molecule has 0 spiro atoms. The molecular weight excluding hydrogens is 656 g/mol. The predicted octanol–water partition coefficient (Wildman–Crippen LogP) is 0.258. The van der Waals surface area contributed by atoms with E-state index < -0.39 is 90.1 Å². The fourth-order valence-electron chi connectivity index (χ4n) is 11.5. The highest BCUT2D eigenvalue weighted by atomic mass is 16.7. The molecule has 7 rings (SSSR count). The van der Waals surface area contributed by atoms with Crippen LogP contribution in [0.4, 0.5) is 0 Å². The summed E-state index contributed by atoms with van der Waals surface area (Å²) in [5.41, 5.74) is -2.86. The van der Waals surface area contributed by atoms with Crippen LogP contribution >= 0.6 is 0 Å². The minimum atomic E-state index is -1.58. The number of rotatable bonds is 8. The Morgan fingerprint density at radius 1 is 0.960 bits per heavy atom. The molecule has 14 nitrogen and oxygen atoms in total. The number of fused-ring (bicyclic) bond motifs is 5. The first-order chi connectivity index (χ1) is 23.7. The van der Waals surface area contributed by atoms with Crippen LogP contribution < -0.4 is 0 Å². The number of hydrogen-bond donors (Lipinski definition) is 6. The second-order valence-electron chi connectivity index (χ2n) is 16.3. The van der Waals surface area contributed by atoms with E-state index in [1.54, 1.807) is 13.0 Å². The number of aldehydes is 1. The summed E-state index contributed by atoms with van der Waals surface area (Å²) in [7, 11) is 1.51. The van der Waals surface area contributed by atoms with E-state index in [2.05, 4.69) is 6.92 Å². The zero-order valence-electron chi connectivity index (χ0n) is 29.1. The molecule has 17 atom stereocenters. The Balaban J connectivity index is 1.01. The molecule has 3 heterocycles. The van der Waals surface area contributed by atoms with Gasteiger partial charge in [-0.2, -0.15) is 0 Å². The molecule has 6 fully saturated rings. The molecule has 14 heteroatoms. The van der Waals surface area contributed by atoms with Crippen LogP contribution in [-0.2, 0) is 38.0 Å². The number of carbonyl (C=O) groups is 2. The maximum Gasteiger partial charge on any atom is 0.331 e. The smallest absolute Gasteiger partial charge is 0.331 e. The van der Waals surface area contributed by atoms with Gasteiger partial charge in [0, 0.05) is 31.4 Å². The maximum absolute atomic E-state index is 13.2. The Morgan fingerprint density at radius 3 is 2.40 bits per heavy atom. The summed E-state index contributed by atoms with van der Waals surface area (Å²) in [6.07, 6.45) is -2.52. The summed E-state index contributed by atoms with van der Waals surface area (Å²) in [6.45, 7) is 3.57. The molecule has 4 saturated carbocycles. The van der Waals surface area contributed by atoms with Crippen molar-refractivity contribution in [1.82, 2.24) is 0 Å². The van der Waals surface area contributed by atoms with Gasteiger partial charge in [0.25, 0.3) is 0 Å². The van der Waals surface area contributed by atoms with Gasteiger partial charge < -0.3 is 63.9 Å². The lowest BCUT2D eigenvalue weighted by atomic mass is 9.41. The van der Waals surface area contributed by atoms with Crippen molar-refractivity contribution in [1.29, 1.82) is 0 Å². The quantitative estimate of drug-likeness (QED) is 0.113. The average molecular weight is 711 g/mol. The van der Waals surface area contributed by atoms with Gasteiger partial charge in [0.15, 0.2) is 12.6 Å². The molecule has 7 aliphatic rings. The van der Waals surface area contributed by atoms with Gasteiger partial charge in [-0.3, -0.25) is 0 Å². The van der Waals surface area contributed by atoms with Gasteiger partial charge in [-0.25, -0.2) is 4.79 Å². The van der Waals surface area contributed by atoms with Gasteiger partial charge in [0.05, 0.1) is 41.5 Å². The van der Waals surface area contributed by atoms with Crippen molar-refractivity contribution >= 4 is 12.3 Å². The Kier molecular flexibility index (Phi) is 9.84. The molecule has 2 saturated heterocycles. The summed E-state index contributed by atoms with van der Waals surface area (Å²) in [5, 5.41) is 65.3. The minimum absolute atomic E-state index is 0.0352. The standard InChI is InChI=1S/C36H54O14/c1-18-31(50-32-30(42)29(41)28(40)25(15-37)49-32)24(45-3)13-27(47-18)48-20-4-9-34(17-38)22-5-8-33(2)21(19-12-26(39)46-16-19)7-11-36(33,44)23(22)6-10-35(34,43)14-20/h12,17-18,20-25,27-32,37,40-44H,4-11,13-16H2,1-3H3/t18?,20-,21+,22-,23+,24?,25?,27?,28?,29?,30?,31?,32?,33+,34-,35-,36-/m0/s1. The summed E-state index contributed by atoms with van der Waals surface area (Å²) in [5.74, 6) is -0.635. The number of aliphatic hydroxyl groups is 6. The Hall–Kier alpha value is -1.56. The van der Waals surface area contributed by atoms with Crippen molar-refractivity contribution in [3.63, 3.8) is 0 Å². The third-order valence-electron chi connectivity index (χ3n) is 14.2. The van der Waals surface area contributed by atoms with E-state index in [-0.39, 0.29) is 43.2 Å². The van der Waals surface area contributed by atoms with Crippen molar-refractivity contribution in [2.75, 3.05) is 20.3 Å². The number of cyclic esters (lactones) is 1. The van der Waals surface area contributed by atoms with Crippen LogP contribution in [0.1, 0.15) is 78.1 Å². The van der Waals surface area contributed by atoms with Crippen molar-refractivity contribution in [2.45, 2.75) is 151 Å². The first kappa shape index (κ1) is 36.8. The fourth-order valence-corrected chi connectivity index (χ4v) is 11.5. The molecule has 282 valence electrons. The number of hydrogen-bond acceptors (Lipinski definition) is 14. The second-order valence-corrected chi connectivity index (χ2v) is 16.3. The first-order valence-electron chi connectivity index (χ1n) is 18.3. The SMILES string of the molecule is COC1CC(O[C@H]2CC[C@]3(C=O)[C@H]4CC[C@]5(C)[C@@H](C6=CC(=O)OC6)CC[C@]5(O)[C@@H]4CC[C@]3(O)C2)OC(C)C1OC1OC(CO)C(O)C(O)C1O. The normalized spacial score (nSPS) is 53.5. The highest BCUT2D eigenvalue weighted by Crippen LogP contribution is 2.70. The molecule has 3 aliphatic heterocycles. The van der Waals surface area contributed by atoms with Gasteiger partial charge in [-0.1, -0.05) is 6.92 Å². The van der Waals surface area contributed by atoms with Crippen LogP contribution in [0.25, 0.3) is 0 Å². The lowest BCUT2D eigenvalue weighted by Gasteiger charge is -2.65. The molecule has 6 N–H and O–H groups in total. The van der Waals surface area contributed by atoms with Gasteiger partial charge in [0.2, 0.25) is 0 Å². The first-order valence-corrected chi connectivity index (χ1v) is 18.3. The predicted molar refractivity (Wildman–Crippen MR) is 171 cm³/mol. The van der Waals surface area contributed by atoms with Gasteiger partial charge in [-0.15, -0.1) is 0 Å². The molecule has 0 radical (unpaired) electrons. The molecule has 9 unspecified atom stereocenters. The molecule has 0 bridgehead atoms. The van der Waals surface area contributed by atoms with E-state index in [1.807, 2.05) is 0 Å². The fraction of sp³-hybridized carbons (Fsp3) is 0.889. The van der Waals surface area contributed by atoms with E-state index in [1.165, 1.54) is 7.11 Å². The maximum atomic E-state index is 13.2. The van der Waals surface area contributed by atoms with E-state index in [9.17, 15) is 40.2 Å². The third-order valence-corrected chi connectivity index (χ3v) is 14.2. The van der Waals surface area contributed by atoms with Gasteiger partial charge >= 0.3 is 5.97 Å².